The Morgan fingerprint density at radius 1 is 0.657 bits per heavy atom. The second-order valence-electron chi connectivity index (χ2n) is 19.0. The van der Waals surface area contributed by atoms with Gasteiger partial charge >= 0.3 is 42.7 Å². The van der Waals surface area contributed by atoms with Crippen LogP contribution in [0.2, 0.25) is 15.1 Å². The van der Waals surface area contributed by atoms with Crippen LogP contribution in [0.15, 0.2) is 102 Å². The molecule has 0 saturated carbocycles. The third kappa shape index (κ3) is 38.8. The number of morpholine rings is 2. The molecule has 34 heteroatoms. The summed E-state index contributed by atoms with van der Waals surface area (Å²) in [4.78, 5) is 96.1. The number of aromatic nitrogens is 3. The van der Waals surface area contributed by atoms with Gasteiger partial charge in [0.25, 0.3) is 0 Å². The van der Waals surface area contributed by atoms with Crippen LogP contribution >= 0.6 is 99.1 Å². The van der Waals surface area contributed by atoms with Crippen molar-refractivity contribution in [2.24, 2.45) is 5.73 Å². The first-order chi connectivity index (χ1) is 45.6. The Kier molecular flexibility index (Phi) is 52.8. The number of carboxylic acid groups (broad SMARTS) is 1. The summed E-state index contributed by atoms with van der Waals surface area (Å²) in [6, 6.07) is 26.3. The molecule has 2 aliphatic rings. The van der Waals surface area contributed by atoms with Crippen molar-refractivity contribution in [1.29, 1.82) is 21.0 Å². The molecule has 3 aromatic carbocycles. The number of benzene rings is 3. The van der Waals surface area contributed by atoms with Gasteiger partial charge in [0.2, 0.25) is 16.7 Å². The Morgan fingerprint density at radius 2 is 1.02 bits per heavy atom. The molecular formula is C65H75BrCl3LiN10O15S4. The number of carbonyl (C=O) groups is 5. The molecule has 25 nitrogen and oxygen atoms in total. The Morgan fingerprint density at radius 3 is 1.31 bits per heavy atom. The number of nitrogens with two attached hydrogens (primary N) is 1. The van der Waals surface area contributed by atoms with Gasteiger partial charge in [-0.25, -0.2) is 14.4 Å². The number of hydrogen-bond donors (Lipinski definition) is 8. The zero-order chi connectivity index (χ0) is 72.3. The Balaban J connectivity index is -0.00000112. The van der Waals surface area contributed by atoms with E-state index in [1.165, 1.54) is 81.1 Å². The number of thiocarbonyl (C=S) groups is 1. The van der Waals surface area contributed by atoms with Crippen LogP contribution in [0.3, 0.4) is 0 Å². The monoisotopic (exact) mass is 1550 g/mol. The zero-order valence-electron chi connectivity index (χ0n) is 54.6. The molecule has 9 N–H and O–H groups in total. The maximum Gasteiger partial charge on any atom is 1.00 e. The largest absolute Gasteiger partial charge is 1.00 e. The normalized spacial score (nSPS) is 11.0. The Labute approximate surface area is 628 Å². The van der Waals surface area contributed by atoms with Crippen molar-refractivity contribution in [3.05, 3.63) is 186 Å². The summed E-state index contributed by atoms with van der Waals surface area (Å²) in [6.07, 6.45) is 0.0865. The molecule has 0 spiro atoms. The number of alkyl halides is 1. The number of ketones is 1. The number of nitriles is 4. The van der Waals surface area contributed by atoms with E-state index < -0.39 is 17.9 Å². The van der Waals surface area contributed by atoms with E-state index in [1.807, 2.05) is 6.07 Å². The first-order valence-electron chi connectivity index (χ1n) is 28.2. The van der Waals surface area contributed by atoms with Gasteiger partial charge in [-0.15, -0.1) is 36.2 Å². The third-order valence-corrected chi connectivity index (χ3v) is 16.0. The number of aryl methyl sites for hydroxylation is 3. The number of Topliss-reactive ketones (excluding diaryl/α,β-unsaturated/α-hetero) is 1. The summed E-state index contributed by atoms with van der Waals surface area (Å²) in [5.74, 6) is -1.69. The van der Waals surface area contributed by atoms with Gasteiger partial charge in [0.1, 0.15) is 30.4 Å². The van der Waals surface area contributed by atoms with Crippen LogP contribution in [0, 0.1) is 66.1 Å². The number of esters is 3. The quantitative estimate of drug-likeness (QED) is 0.00755. The van der Waals surface area contributed by atoms with E-state index in [2.05, 4.69) is 92.7 Å². The number of H-pyrrole nitrogens is 3. The summed E-state index contributed by atoms with van der Waals surface area (Å²) in [6.45, 7) is 16.2. The van der Waals surface area contributed by atoms with Gasteiger partial charge in [0.15, 0.2) is 0 Å². The van der Waals surface area contributed by atoms with Crippen LogP contribution in [0.4, 0.5) is 0 Å². The molecule has 0 amide bonds. The number of rotatable bonds is 14. The number of pyridine rings is 3. The number of aromatic carboxylic acids is 1. The fourth-order valence-electron chi connectivity index (χ4n) is 7.12. The van der Waals surface area contributed by atoms with E-state index in [0.717, 1.165) is 58.2 Å². The number of thioether (sulfide) groups is 2. The van der Waals surface area contributed by atoms with Crippen molar-refractivity contribution in [3.63, 3.8) is 0 Å². The van der Waals surface area contributed by atoms with E-state index in [-0.39, 0.29) is 83.6 Å². The van der Waals surface area contributed by atoms with Gasteiger partial charge in [0.05, 0.1) is 113 Å². The van der Waals surface area contributed by atoms with Crippen LogP contribution in [0.5, 0.6) is 0 Å². The molecule has 2 fully saturated rings. The van der Waals surface area contributed by atoms with Gasteiger partial charge in [-0.2, -0.15) is 21.0 Å². The second kappa shape index (κ2) is 54.5. The van der Waals surface area contributed by atoms with Gasteiger partial charge in [-0.3, -0.25) is 24.0 Å². The fourth-order valence-corrected chi connectivity index (χ4v) is 11.0. The van der Waals surface area contributed by atoms with Gasteiger partial charge in [0, 0.05) is 76.3 Å². The summed E-state index contributed by atoms with van der Waals surface area (Å²) >= 11 is 32.1. The molecule has 99 heavy (non-hydrogen) atoms. The van der Waals surface area contributed by atoms with Crippen LogP contribution in [0.1, 0.15) is 115 Å². The number of hydrogen-bond acceptors (Lipinski definition) is 24. The maximum atomic E-state index is 11.6. The van der Waals surface area contributed by atoms with Gasteiger partial charge in [-0.1, -0.05) is 70.4 Å². The molecule has 0 aliphatic carbocycles. The minimum atomic E-state index is -1.04. The topological polar surface area (TPSA) is 426 Å². The number of ether oxygens (including phenoxy) is 5. The minimum absolute atomic E-state index is 0. The first-order valence-corrected chi connectivity index (χ1v) is 33.3. The summed E-state index contributed by atoms with van der Waals surface area (Å²) in [5.41, 5.74) is 10.5. The number of thiol groups is 1. The smallest absolute Gasteiger partial charge is 0.870 e. The van der Waals surface area contributed by atoms with E-state index in [9.17, 15) is 43.6 Å². The standard InChI is InChI=1S/C16H13ClN2O3S.C15H11ClN2O3S.C9H8BrClO2.C7H6N2OS.C6H10O3.2C4H9NO.C3H4N2S.CH4.Li.H2O/c1-9-5-14(20)19-15(12(9)7-18)23-8-11-6-10(16(21)22-2)3-4-13(11)17;1-8-4-13(19)18-14(11(8)6-17)22-7-10-5-9(15(20)21)2-3-12(10)16;1-13-9(12)6-2-3-8(11)7(4-6)5-10;1-4-2-6(10)9-7(11)5(4)3-8;1-3-9-6(8)4-5(2)7;2*1-3-6-4-2-5-1;4-2-1-3(5)6;;;/h3-6H,8H2,1-2H3,(H,19,20);2-5H,7H2,1H3,(H,18,19)(H,20,21);2-4H,5H2,1H3;2H,1H3,(H2,9,10,11);3-4H2,1-2H3;2*5H,1-4H2;1H2,(H2,5,6);1H4;;1H2/q;;;;;;;;;+1;/p-1. The van der Waals surface area contributed by atoms with E-state index in [1.54, 1.807) is 70.2 Å². The molecule has 6 aromatic rings. The number of carbonyl (C=O) groups excluding carboxylic acids is 4. The summed E-state index contributed by atoms with van der Waals surface area (Å²) in [7, 11) is 2.66. The predicted molar refractivity (Wildman–Crippen MR) is 388 cm³/mol. The molecule has 8 rings (SSSR count). The molecule has 0 unspecified atom stereocenters. The number of methoxy groups -OCH3 is 2. The van der Waals surface area contributed by atoms with Crippen molar-refractivity contribution < 1.29 is 77.1 Å². The molecule has 528 valence electrons. The average molecular weight is 1560 g/mol. The van der Waals surface area contributed by atoms with E-state index in [4.69, 9.17) is 70.9 Å². The molecule has 0 atom stereocenters. The number of halogens is 4. The Bertz CT molecular complexity index is 3920. The molecule has 2 aliphatic heterocycles. The van der Waals surface area contributed by atoms with Crippen molar-refractivity contribution in [1.82, 2.24) is 25.6 Å². The third-order valence-electron chi connectivity index (χ3n) is 11.7. The number of aromatic amines is 3. The summed E-state index contributed by atoms with van der Waals surface area (Å²) < 4.78 is 23.8. The van der Waals surface area contributed by atoms with E-state index >= 15 is 0 Å². The van der Waals surface area contributed by atoms with Crippen molar-refractivity contribution in [2.75, 3.05) is 73.4 Å². The predicted octanol–water partition coefficient (Wildman–Crippen LogP) is 7.74. The second-order valence-corrected chi connectivity index (χ2v) is 23.8. The fraction of sp³-hybridized carbons (Fsp3) is 0.338. The number of nitrogens with one attached hydrogen (secondary N) is 5. The molecule has 5 heterocycles. The Hall–Kier alpha value is -7.29. The average Bonchev–Trinajstić information content (AvgIpc) is 0.872. The molecule has 2 saturated heterocycles. The van der Waals surface area contributed by atoms with Gasteiger partial charge in [-0.05, 0) is 123 Å². The number of nitrogens with zero attached hydrogens (tertiary/aromatic N) is 4. The molecule has 0 bridgehead atoms. The molecular weight excluding hydrogens is 1480 g/mol. The van der Waals surface area contributed by atoms with Crippen molar-refractivity contribution >= 4 is 134 Å². The van der Waals surface area contributed by atoms with Crippen molar-refractivity contribution in [2.45, 2.75) is 86.8 Å². The van der Waals surface area contributed by atoms with Gasteiger partial charge < -0.3 is 65.6 Å². The maximum absolute atomic E-state index is 11.6. The minimum Gasteiger partial charge on any atom is -0.870 e. The molecule has 0 radical (unpaired) electrons. The SMILES string of the molecule is C.C1COCCN1.C1COCCN1.CCOC(=O)CC(C)=O.COC(=O)c1ccc(Cl)c(CBr)c1.COC(=O)c1ccc(Cl)c(CSc2[nH]c(=O)cc(C)c2C#N)c1.Cc1cc(=O)[nH]c(S)c1C#N.Cc1cc(=O)[nH]c(SCc2cc(C(=O)O)ccc2Cl)c1C#N.N#CCC(N)=S.[Li+].[OH-]. The summed E-state index contributed by atoms with van der Waals surface area (Å²) in [5, 5.41) is 53.6. The van der Waals surface area contributed by atoms with Crippen LogP contribution < -0.4 is 51.9 Å². The first kappa shape index (κ1) is 95.9. The zero-order valence-corrected chi connectivity index (χ0v) is 61.8. The van der Waals surface area contributed by atoms with Crippen LogP contribution in [-0.2, 0) is 50.1 Å². The van der Waals surface area contributed by atoms with Crippen molar-refractivity contribution in [3.8, 4) is 24.3 Å². The van der Waals surface area contributed by atoms with Crippen LogP contribution in [0.25, 0.3) is 0 Å². The van der Waals surface area contributed by atoms with Crippen LogP contribution in [-0.4, -0.2) is 134 Å². The molecule has 3 aromatic heterocycles. The van der Waals surface area contributed by atoms with E-state index in [0.29, 0.717) is 109 Å². The number of carboxylic acids is 1.